The number of thiophene rings is 1. The lowest BCUT2D eigenvalue weighted by atomic mass is 10.1. The molecule has 4 rings (SSSR count). The zero-order chi connectivity index (χ0) is 24.5. The fourth-order valence-corrected chi connectivity index (χ4v) is 6.87. The van der Waals surface area contributed by atoms with Crippen LogP contribution in [-0.2, 0) is 27.5 Å². The molecule has 7 nitrogen and oxygen atoms in total. The van der Waals surface area contributed by atoms with E-state index in [0.717, 1.165) is 23.5 Å². The molecule has 1 aromatic carbocycles. The van der Waals surface area contributed by atoms with Gasteiger partial charge in [-0.15, -0.1) is 11.3 Å². The molecular weight excluding hydrogens is 513 g/mol. The van der Waals surface area contributed by atoms with E-state index in [4.69, 9.17) is 11.6 Å². The van der Waals surface area contributed by atoms with E-state index >= 15 is 0 Å². The Kier molecular flexibility index (Phi) is 6.94. The van der Waals surface area contributed by atoms with Gasteiger partial charge in [-0.05, 0) is 43.2 Å². The minimum absolute atomic E-state index is 0.0669. The van der Waals surface area contributed by atoms with Gasteiger partial charge in [-0.3, -0.25) is 4.79 Å². The molecule has 1 aliphatic rings. The zero-order valence-corrected chi connectivity index (χ0v) is 19.8. The maximum absolute atomic E-state index is 12.9. The molecule has 0 unspecified atom stereocenters. The average molecular weight is 531 g/mol. The Morgan fingerprint density at radius 2 is 1.91 bits per heavy atom. The molecule has 1 aliphatic heterocycles. The van der Waals surface area contributed by atoms with Crippen molar-refractivity contribution in [1.29, 1.82) is 0 Å². The number of carbonyl (C=O) groups is 1. The van der Waals surface area contributed by atoms with Gasteiger partial charge in [0.05, 0.1) is 22.1 Å². The van der Waals surface area contributed by atoms with Gasteiger partial charge in [0.2, 0.25) is 5.91 Å². The molecule has 1 N–H and O–H groups in total. The second-order valence-corrected chi connectivity index (χ2v) is 11.3. The fraction of sp³-hybridized carbons (Fsp3) is 0.286. The second-order valence-electron chi connectivity index (χ2n) is 7.48. The Balaban J connectivity index is 1.44. The van der Waals surface area contributed by atoms with Crippen molar-refractivity contribution in [3.8, 4) is 11.3 Å². The number of hydrogen-bond donors (Lipinski definition) is 1. The van der Waals surface area contributed by atoms with Crippen LogP contribution >= 0.6 is 22.9 Å². The van der Waals surface area contributed by atoms with Crippen molar-refractivity contribution in [3.05, 3.63) is 64.4 Å². The van der Waals surface area contributed by atoms with Gasteiger partial charge in [0, 0.05) is 18.3 Å². The lowest BCUT2D eigenvalue weighted by molar-refractivity contribution is -0.137. The maximum atomic E-state index is 12.9. The summed E-state index contributed by atoms with van der Waals surface area (Å²) in [5, 5.41) is 2.67. The van der Waals surface area contributed by atoms with Crippen LogP contribution in [-0.4, -0.2) is 41.2 Å². The molecule has 3 heterocycles. The van der Waals surface area contributed by atoms with Crippen LogP contribution in [0.2, 0.25) is 4.34 Å². The molecule has 1 atom stereocenters. The highest BCUT2D eigenvalue weighted by atomic mass is 35.5. The molecule has 34 heavy (non-hydrogen) atoms. The summed E-state index contributed by atoms with van der Waals surface area (Å²) in [7, 11) is -3.86. The largest absolute Gasteiger partial charge is 0.416 e. The van der Waals surface area contributed by atoms with Crippen molar-refractivity contribution in [1.82, 2.24) is 19.6 Å². The van der Waals surface area contributed by atoms with E-state index in [-0.39, 0.29) is 23.1 Å². The van der Waals surface area contributed by atoms with Gasteiger partial charge < -0.3 is 5.32 Å². The van der Waals surface area contributed by atoms with E-state index in [0.29, 0.717) is 28.4 Å². The van der Waals surface area contributed by atoms with Crippen LogP contribution in [0.5, 0.6) is 0 Å². The molecule has 3 aromatic rings. The minimum Gasteiger partial charge on any atom is -0.347 e. The third kappa shape index (κ3) is 5.24. The molecule has 2 aromatic heterocycles. The lowest BCUT2D eigenvalue weighted by Crippen LogP contribution is -2.45. The molecule has 1 saturated heterocycles. The quantitative estimate of drug-likeness (QED) is 0.511. The first-order chi connectivity index (χ1) is 16.1. The van der Waals surface area contributed by atoms with Gasteiger partial charge in [0.1, 0.15) is 16.1 Å². The summed E-state index contributed by atoms with van der Waals surface area (Å²) < 4.78 is 65.8. The van der Waals surface area contributed by atoms with Gasteiger partial charge in [0.25, 0.3) is 10.0 Å². The monoisotopic (exact) mass is 530 g/mol. The summed E-state index contributed by atoms with van der Waals surface area (Å²) in [6.07, 6.45) is -2.09. The number of benzene rings is 1. The molecular formula is C21H18ClF3N4O3S2. The van der Waals surface area contributed by atoms with Gasteiger partial charge in [-0.2, -0.15) is 17.5 Å². The van der Waals surface area contributed by atoms with Crippen LogP contribution in [0.3, 0.4) is 0 Å². The van der Waals surface area contributed by atoms with Gasteiger partial charge in [0.15, 0.2) is 0 Å². The molecule has 0 bridgehead atoms. The Morgan fingerprint density at radius 3 is 2.56 bits per heavy atom. The highest BCUT2D eigenvalue weighted by Gasteiger charge is 2.40. The number of hydrogen-bond acceptors (Lipinski definition) is 6. The van der Waals surface area contributed by atoms with E-state index in [9.17, 15) is 26.4 Å². The average Bonchev–Trinajstić information content (AvgIpc) is 3.47. The van der Waals surface area contributed by atoms with Crippen molar-refractivity contribution in [2.75, 3.05) is 6.54 Å². The first-order valence-corrected chi connectivity index (χ1v) is 12.7. The Hall–Kier alpha value is -2.54. The maximum Gasteiger partial charge on any atom is 0.416 e. The smallest absolute Gasteiger partial charge is 0.347 e. The Bertz CT molecular complexity index is 1300. The van der Waals surface area contributed by atoms with Gasteiger partial charge in [-0.1, -0.05) is 23.7 Å². The predicted molar refractivity (Wildman–Crippen MR) is 121 cm³/mol. The van der Waals surface area contributed by atoms with Crippen molar-refractivity contribution >= 4 is 38.9 Å². The standard InChI is InChI=1S/C21H18ClF3N4O3S2/c22-17-7-8-19(33-17)34(31,32)29-11-1-2-16(29)20(30)27-12-18-26-10-9-15(28-18)13-3-5-14(6-4-13)21(23,24)25/h3-10,16H,1-2,11-12H2,(H,27,30)/t16-/m0/s1. The van der Waals surface area contributed by atoms with E-state index in [2.05, 4.69) is 15.3 Å². The number of aromatic nitrogens is 2. The molecule has 0 spiro atoms. The third-order valence-electron chi connectivity index (χ3n) is 5.25. The first-order valence-electron chi connectivity index (χ1n) is 10.1. The SMILES string of the molecule is O=C(NCc1nccc(-c2ccc(C(F)(F)F)cc2)n1)[C@@H]1CCCN1S(=O)(=O)c1ccc(Cl)s1. The second kappa shape index (κ2) is 9.61. The molecule has 0 saturated carbocycles. The van der Waals surface area contributed by atoms with Crippen LogP contribution in [0.4, 0.5) is 13.2 Å². The van der Waals surface area contributed by atoms with Gasteiger partial charge in [-0.25, -0.2) is 18.4 Å². The first kappa shape index (κ1) is 24.6. The molecule has 1 fully saturated rings. The summed E-state index contributed by atoms with van der Waals surface area (Å²) in [5.74, 6) is -0.240. The van der Waals surface area contributed by atoms with Crippen molar-refractivity contribution < 1.29 is 26.4 Å². The summed E-state index contributed by atoms with van der Waals surface area (Å²) in [6.45, 7) is 0.151. The minimum atomic E-state index is -4.43. The number of halogens is 4. The fourth-order valence-electron chi connectivity index (χ4n) is 3.60. The van der Waals surface area contributed by atoms with Crippen LogP contribution in [0.25, 0.3) is 11.3 Å². The van der Waals surface area contributed by atoms with E-state index < -0.39 is 33.7 Å². The highest BCUT2D eigenvalue weighted by Crippen LogP contribution is 2.32. The van der Waals surface area contributed by atoms with Crippen LogP contribution in [0, 0.1) is 0 Å². The Labute approximate surface area is 202 Å². The van der Waals surface area contributed by atoms with E-state index in [1.807, 2.05) is 0 Å². The zero-order valence-electron chi connectivity index (χ0n) is 17.4. The molecule has 13 heteroatoms. The molecule has 180 valence electrons. The molecule has 0 aliphatic carbocycles. The number of carbonyl (C=O) groups excluding carboxylic acids is 1. The van der Waals surface area contributed by atoms with E-state index in [1.54, 1.807) is 6.07 Å². The Morgan fingerprint density at radius 1 is 1.18 bits per heavy atom. The van der Waals surface area contributed by atoms with E-state index in [1.165, 1.54) is 34.8 Å². The highest BCUT2D eigenvalue weighted by molar-refractivity contribution is 7.91. The third-order valence-corrected chi connectivity index (χ3v) is 8.86. The van der Waals surface area contributed by atoms with Crippen LogP contribution < -0.4 is 5.32 Å². The van der Waals surface area contributed by atoms with Crippen molar-refractivity contribution in [3.63, 3.8) is 0 Å². The number of sulfonamides is 1. The summed E-state index contributed by atoms with van der Waals surface area (Å²) in [6, 6.07) is 8.14. The number of nitrogens with zero attached hydrogens (tertiary/aromatic N) is 3. The lowest BCUT2D eigenvalue weighted by Gasteiger charge is -2.22. The van der Waals surface area contributed by atoms with Gasteiger partial charge >= 0.3 is 6.18 Å². The number of amides is 1. The summed E-state index contributed by atoms with van der Waals surface area (Å²) >= 11 is 6.80. The predicted octanol–water partition coefficient (Wildman–Crippen LogP) is 4.35. The normalized spacial score (nSPS) is 17.1. The van der Waals surface area contributed by atoms with Crippen molar-refractivity contribution in [2.24, 2.45) is 0 Å². The molecule has 1 amide bonds. The van der Waals surface area contributed by atoms with Crippen LogP contribution in [0.15, 0.2) is 52.9 Å². The molecule has 0 radical (unpaired) electrons. The number of rotatable bonds is 6. The van der Waals surface area contributed by atoms with Crippen molar-refractivity contribution in [2.45, 2.75) is 35.8 Å². The number of alkyl halides is 3. The summed E-state index contributed by atoms with van der Waals surface area (Å²) in [4.78, 5) is 21.2. The topological polar surface area (TPSA) is 92.3 Å². The van der Waals surface area contributed by atoms with Crippen LogP contribution in [0.1, 0.15) is 24.2 Å². The summed E-state index contributed by atoms with van der Waals surface area (Å²) in [5.41, 5.74) is 0.0944. The number of nitrogens with one attached hydrogen (secondary N) is 1.